The number of rotatable bonds is 4. The molecule has 1 atom stereocenters. The van der Waals surface area contributed by atoms with Gasteiger partial charge in [0.2, 0.25) is 0 Å². The molecule has 0 N–H and O–H groups in total. The van der Waals surface area contributed by atoms with Gasteiger partial charge in [-0.05, 0) is 12.8 Å². The van der Waals surface area contributed by atoms with Crippen molar-refractivity contribution >= 4 is 15.9 Å². The van der Waals surface area contributed by atoms with Crippen molar-refractivity contribution in [1.82, 2.24) is 0 Å². The highest BCUT2D eigenvalue weighted by Gasteiger charge is 2.13. The van der Waals surface area contributed by atoms with Crippen molar-refractivity contribution in [1.29, 1.82) is 0 Å². The maximum Gasteiger partial charge on any atom is 0.0563 e. The lowest BCUT2D eigenvalue weighted by Gasteiger charge is -2.21. The lowest BCUT2D eigenvalue weighted by molar-refractivity contribution is 0.00940. The van der Waals surface area contributed by atoms with Crippen LogP contribution in [0.15, 0.2) is 0 Å². The molecule has 0 aromatic heterocycles. The summed E-state index contributed by atoms with van der Waals surface area (Å²) in [6.07, 6.45) is 2.46. The van der Waals surface area contributed by atoms with E-state index < -0.39 is 0 Å². The number of hydrogen-bond donors (Lipinski definition) is 0. The molecule has 0 aromatic rings. The van der Waals surface area contributed by atoms with Crippen LogP contribution in [0.3, 0.4) is 0 Å². The van der Waals surface area contributed by atoms with Crippen molar-refractivity contribution in [2.75, 3.05) is 31.8 Å². The van der Waals surface area contributed by atoms with Crippen LogP contribution in [0, 0.1) is 5.92 Å². The van der Waals surface area contributed by atoms with Crippen molar-refractivity contribution in [3.05, 3.63) is 0 Å². The third-order valence-corrected chi connectivity index (χ3v) is 2.15. The van der Waals surface area contributed by atoms with Gasteiger partial charge >= 0.3 is 0 Å². The zero-order valence-corrected chi connectivity index (χ0v) is 8.31. The molecular formula is C8H15BrO2. The molecule has 1 aliphatic rings. The van der Waals surface area contributed by atoms with Gasteiger partial charge in [0.1, 0.15) is 0 Å². The van der Waals surface area contributed by atoms with E-state index in [1.807, 2.05) is 0 Å². The van der Waals surface area contributed by atoms with Crippen LogP contribution < -0.4 is 0 Å². The first-order valence-corrected chi connectivity index (χ1v) is 5.27. The minimum atomic E-state index is 0.641. The fourth-order valence-corrected chi connectivity index (χ4v) is 1.47. The van der Waals surface area contributed by atoms with Gasteiger partial charge in [-0.25, -0.2) is 0 Å². The molecule has 0 amide bonds. The summed E-state index contributed by atoms with van der Waals surface area (Å²) < 4.78 is 10.7. The summed E-state index contributed by atoms with van der Waals surface area (Å²) in [6, 6.07) is 0. The topological polar surface area (TPSA) is 18.5 Å². The van der Waals surface area contributed by atoms with Crippen molar-refractivity contribution in [2.45, 2.75) is 12.8 Å². The van der Waals surface area contributed by atoms with Gasteiger partial charge < -0.3 is 9.47 Å². The smallest absolute Gasteiger partial charge is 0.0563 e. The maximum absolute atomic E-state index is 5.40. The summed E-state index contributed by atoms with van der Waals surface area (Å²) in [6.45, 7) is 3.51. The van der Waals surface area contributed by atoms with Crippen LogP contribution in [0.2, 0.25) is 0 Å². The van der Waals surface area contributed by atoms with Gasteiger partial charge in [-0.2, -0.15) is 0 Å². The minimum Gasteiger partial charge on any atom is -0.381 e. The highest BCUT2D eigenvalue weighted by atomic mass is 79.9. The van der Waals surface area contributed by atoms with E-state index in [0.717, 1.165) is 31.8 Å². The van der Waals surface area contributed by atoms with Crippen LogP contribution in [0.5, 0.6) is 0 Å². The molecule has 2 nitrogen and oxygen atoms in total. The van der Waals surface area contributed by atoms with E-state index in [4.69, 9.17) is 9.47 Å². The predicted molar refractivity (Wildman–Crippen MR) is 48.2 cm³/mol. The molecule has 66 valence electrons. The highest BCUT2D eigenvalue weighted by Crippen LogP contribution is 2.13. The second-order valence-corrected chi connectivity index (χ2v) is 3.64. The van der Waals surface area contributed by atoms with Crippen LogP contribution >= 0.6 is 15.9 Å². The Bertz CT molecular complexity index is 92.1. The summed E-state index contributed by atoms with van der Waals surface area (Å²) in [4.78, 5) is 0. The van der Waals surface area contributed by atoms with Crippen molar-refractivity contribution in [3.63, 3.8) is 0 Å². The number of ether oxygens (including phenoxy) is 2. The van der Waals surface area contributed by atoms with E-state index in [1.54, 1.807) is 0 Å². The first-order chi connectivity index (χ1) is 5.43. The third-order valence-electron chi connectivity index (χ3n) is 1.83. The summed E-state index contributed by atoms with van der Waals surface area (Å²) >= 11 is 3.32. The molecule has 0 radical (unpaired) electrons. The van der Waals surface area contributed by atoms with Gasteiger partial charge in [-0.3, -0.25) is 0 Å². The van der Waals surface area contributed by atoms with Crippen LogP contribution in [0.1, 0.15) is 12.8 Å². The molecule has 11 heavy (non-hydrogen) atoms. The van der Waals surface area contributed by atoms with Gasteiger partial charge in [0, 0.05) is 17.9 Å². The molecule has 0 aliphatic carbocycles. The maximum atomic E-state index is 5.40. The molecule has 1 aliphatic heterocycles. The second-order valence-electron chi connectivity index (χ2n) is 2.85. The molecular weight excluding hydrogens is 208 g/mol. The average molecular weight is 223 g/mol. The van der Waals surface area contributed by atoms with Crippen molar-refractivity contribution in [2.24, 2.45) is 5.92 Å². The third kappa shape index (κ3) is 4.09. The first kappa shape index (κ1) is 9.49. The van der Waals surface area contributed by atoms with Crippen LogP contribution in [0.4, 0.5) is 0 Å². The molecule has 0 aromatic carbocycles. The number of halogens is 1. The quantitative estimate of drug-likeness (QED) is 0.534. The van der Waals surface area contributed by atoms with Crippen LogP contribution in [-0.4, -0.2) is 31.8 Å². The van der Waals surface area contributed by atoms with Crippen molar-refractivity contribution in [3.8, 4) is 0 Å². The zero-order chi connectivity index (χ0) is 7.94. The van der Waals surface area contributed by atoms with Gasteiger partial charge in [-0.1, -0.05) is 15.9 Å². The van der Waals surface area contributed by atoms with E-state index in [0.29, 0.717) is 5.92 Å². The SMILES string of the molecule is BrCCOCC1CCCOC1. The molecule has 1 saturated heterocycles. The molecule has 0 bridgehead atoms. The Hall–Kier alpha value is 0.400. The van der Waals surface area contributed by atoms with Crippen molar-refractivity contribution < 1.29 is 9.47 Å². The molecule has 0 saturated carbocycles. The van der Waals surface area contributed by atoms with E-state index in [-0.39, 0.29) is 0 Å². The fraction of sp³-hybridized carbons (Fsp3) is 1.00. The Morgan fingerprint density at radius 1 is 1.55 bits per heavy atom. The highest BCUT2D eigenvalue weighted by molar-refractivity contribution is 9.09. The summed E-state index contributed by atoms with van der Waals surface area (Å²) in [7, 11) is 0. The Morgan fingerprint density at radius 3 is 3.09 bits per heavy atom. The minimum absolute atomic E-state index is 0.641. The average Bonchev–Trinajstić information content (AvgIpc) is 2.07. The fourth-order valence-electron chi connectivity index (χ4n) is 1.24. The normalized spacial score (nSPS) is 25.4. The van der Waals surface area contributed by atoms with E-state index in [2.05, 4.69) is 15.9 Å². The Kier molecular flexibility index (Phi) is 5.15. The number of hydrogen-bond acceptors (Lipinski definition) is 2. The van der Waals surface area contributed by atoms with E-state index in [9.17, 15) is 0 Å². The molecule has 1 rings (SSSR count). The Morgan fingerprint density at radius 2 is 2.45 bits per heavy atom. The second kappa shape index (κ2) is 5.98. The summed E-state index contributed by atoms with van der Waals surface area (Å²) in [5.41, 5.74) is 0. The summed E-state index contributed by atoms with van der Waals surface area (Å²) in [5, 5.41) is 0.931. The van der Waals surface area contributed by atoms with E-state index in [1.165, 1.54) is 12.8 Å². The largest absolute Gasteiger partial charge is 0.381 e. The molecule has 1 fully saturated rings. The molecule has 3 heteroatoms. The lowest BCUT2D eigenvalue weighted by atomic mass is 10.0. The van der Waals surface area contributed by atoms with Gasteiger partial charge in [0.25, 0.3) is 0 Å². The standard InChI is InChI=1S/C8H15BrO2/c9-3-5-11-7-8-2-1-4-10-6-8/h8H,1-7H2. The first-order valence-electron chi connectivity index (χ1n) is 4.15. The van der Waals surface area contributed by atoms with Gasteiger partial charge in [0.15, 0.2) is 0 Å². The molecule has 1 heterocycles. The zero-order valence-electron chi connectivity index (χ0n) is 6.72. The van der Waals surface area contributed by atoms with Crippen LogP contribution in [-0.2, 0) is 9.47 Å². The van der Waals surface area contributed by atoms with E-state index >= 15 is 0 Å². The predicted octanol–water partition coefficient (Wildman–Crippen LogP) is 1.82. The van der Waals surface area contributed by atoms with Gasteiger partial charge in [-0.15, -0.1) is 0 Å². The van der Waals surface area contributed by atoms with Gasteiger partial charge in [0.05, 0.1) is 19.8 Å². The summed E-state index contributed by atoms with van der Waals surface area (Å²) in [5.74, 6) is 0.641. The lowest BCUT2D eigenvalue weighted by Crippen LogP contribution is -2.22. The number of alkyl halides is 1. The van der Waals surface area contributed by atoms with Crippen LogP contribution in [0.25, 0.3) is 0 Å². The monoisotopic (exact) mass is 222 g/mol. The molecule has 1 unspecified atom stereocenters. The Labute approximate surface area is 76.4 Å². The molecule has 0 spiro atoms. The Balaban J connectivity index is 1.96.